The van der Waals surface area contributed by atoms with Gasteiger partial charge in [0.1, 0.15) is 11.5 Å². The normalized spacial score (nSPS) is 11.0. The van der Waals surface area contributed by atoms with E-state index in [1.54, 1.807) is 0 Å². The van der Waals surface area contributed by atoms with Crippen LogP contribution in [0.1, 0.15) is 11.1 Å². The molecule has 0 saturated carbocycles. The van der Waals surface area contributed by atoms with Gasteiger partial charge in [0.05, 0.1) is 11.1 Å². The van der Waals surface area contributed by atoms with Crippen LogP contribution in [0.4, 0.5) is 26.3 Å². The van der Waals surface area contributed by atoms with E-state index in [1.165, 1.54) is 0 Å². The molecule has 0 heterocycles. The monoisotopic (exact) mass is 376 g/mol. The van der Waals surface area contributed by atoms with Crippen molar-refractivity contribution < 1.29 is 53.9 Å². The van der Waals surface area contributed by atoms with Gasteiger partial charge < -0.3 is 10.2 Å². The van der Waals surface area contributed by atoms with Crippen molar-refractivity contribution in [2.24, 2.45) is 0 Å². The van der Waals surface area contributed by atoms with E-state index in [-0.39, 0.29) is 28.9 Å². The molecular weight excluding hydrogens is 366 g/mol. The fourth-order valence-corrected chi connectivity index (χ4v) is 1.30. The molecule has 2 nitrogen and oxygen atoms in total. The zero-order valence-electron chi connectivity index (χ0n) is 11.2. The largest absolute Gasteiger partial charge is 0.508 e. The quantitative estimate of drug-likeness (QED) is 0.648. The summed E-state index contributed by atoms with van der Waals surface area (Å²) in [5.74, 6) is -0.337. The maximum absolute atomic E-state index is 11.8. The van der Waals surface area contributed by atoms with Gasteiger partial charge in [0.15, 0.2) is 0 Å². The molecule has 0 aromatic heterocycles. The molecule has 0 atom stereocenters. The summed E-state index contributed by atoms with van der Waals surface area (Å²) in [4.78, 5) is 0. The Kier molecular flexibility index (Phi) is 7.48. The zero-order valence-corrected chi connectivity index (χ0v) is 12.5. The van der Waals surface area contributed by atoms with E-state index in [0.717, 1.165) is 48.5 Å². The number of phenolic OH excluding ortho intramolecular Hbond substituents is 2. The molecule has 9 heteroatoms. The first-order chi connectivity index (χ1) is 10.00. The van der Waals surface area contributed by atoms with Crippen molar-refractivity contribution in [3.05, 3.63) is 59.7 Å². The molecule has 2 rings (SSSR count). The topological polar surface area (TPSA) is 40.5 Å². The van der Waals surface area contributed by atoms with Crippen molar-refractivity contribution in [2.45, 2.75) is 12.4 Å². The van der Waals surface area contributed by atoms with Crippen molar-refractivity contribution in [1.29, 1.82) is 0 Å². The molecule has 0 aliphatic carbocycles. The van der Waals surface area contributed by atoms with E-state index in [0.29, 0.717) is 0 Å². The second-order valence-corrected chi connectivity index (χ2v) is 4.09. The molecular formula is C14H10CrF6O2. The number of benzene rings is 2. The molecule has 0 aliphatic rings. The first-order valence-electron chi connectivity index (χ1n) is 5.72. The van der Waals surface area contributed by atoms with Gasteiger partial charge in [0, 0.05) is 17.4 Å². The first kappa shape index (κ1) is 21.2. The number of alkyl halides is 6. The van der Waals surface area contributed by atoms with E-state index in [1.807, 2.05) is 0 Å². The van der Waals surface area contributed by atoms with E-state index in [9.17, 15) is 26.3 Å². The second kappa shape index (κ2) is 8.13. The molecule has 0 bridgehead atoms. The summed E-state index contributed by atoms with van der Waals surface area (Å²) in [5.41, 5.74) is -1.51. The standard InChI is InChI=1S/2C7H5F3O.Cr/c2*8-7(9,10)5-1-3-6(11)4-2-5;/h2*1-4,11H;. The molecule has 0 spiro atoms. The van der Waals surface area contributed by atoms with Crippen LogP contribution in [0, 0.1) is 0 Å². The van der Waals surface area contributed by atoms with Gasteiger partial charge in [-0.15, -0.1) is 0 Å². The Labute approximate surface area is 138 Å². The molecule has 0 amide bonds. The molecule has 0 aliphatic heterocycles. The summed E-state index contributed by atoms with van der Waals surface area (Å²) in [6, 6.07) is 7.33. The number of hydrogen-bond acceptors (Lipinski definition) is 2. The van der Waals surface area contributed by atoms with Crippen LogP contribution in [-0.2, 0) is 29.7 Å². The SMILES string of the molecule is Oc1ccc(C(F)(F)F)cc1.Oc1ccc(C(F)(F)F)cc1.[Cr]. The molecule has 0 radical (unpaired) electrons. The third-order valence-corrected chi connectivity index (χ3v) is 2.39. The summed E-state index contributed by atoms with van der Waals surface area (Å²) in [6.45, 7) is 0. The Hall–Kier alpha value is -1.85. The molecule has 23 heavy (non-hydrogen) atoms. The molecule has 126 valence electrons. The predicted molar refractivity (Wildman–Crippen MR) is 66.2 cm³/mol. The van der Waals surface area contributed by atoms with Gasteiger partial charge in [0.2, 0.25) is 0 Å². The summed E-state index contributed by atoms with van der Waals surface area (Å²) >= 11 is 0. The molecule has 2 aromatic rings. The second-order valence-electron chi connectivity index (χ2n) is 4.09. The molecule has 0 saturated heterocycles. The van der Waals surface area contributed by atoms with Crippen molar-refractivity contribution in [2.75, 3.05) is 0 Å². The Morgan fingerprint density at radius 2 is 0.739 bits per heavy atom. The average molecular weight is 376 g/mol. The smallest absolute Gasteiger partial charge is 0.416 e. The van der Waals surface area contributed by atoms with Crippen molar-refractivity contribution in [3.63, 3.8) is 0 Å². The van der Waals surface area contributed by atoms with Crippen molar-refractivity contribution in [3.8, 4) is 11.5 Å². The zero-order chi connectivity index (χ0) is 17.0. The van der Waals surface area contributed by atoms with Crippen LogP contribution in [-0.4, -0.2) is 10.2 Å². The predicted octanol–water partition coefficient (Wildman–Crippen LogP) is 4.82. The minimum absolute atomic E-state index is 0. The maximum Gasteiger partial charge on any atom is 0.416 e. The van der Waals surface area contributed by atoms with Crippen LogP contribution in [0.3, 0.4) is 0 Å². The van der Waals surface area contributed by atoms with Gasteiger partial charge in [0.25, 0.3) is 0 Å². The number of halogens is 6. The van der Waals surface area contributed by atoms with Gasteiger partial charge in [-0.1, -0.05) is 0 Å². The first-order valence-corrected chi connectivity index (χ1v) is 5.72. The Morgan fingerprint density at radius 3 is 0.913 bits per heavy atom. The molecule has 0 fully saturated rings. The number of phenols is 2. The van der Waals surface area contributed by atoms with Gasteiger partial charge in [-0.05, 0) is 48.5 Å². The van der Waals surface area contributed by atoms with Crippen LogP contribution >= 0.6 is 0 Å². The van der Waals surface area contributed by atoms with Crippen LogP contribution in [0.5, 0.6) is 11.5 Å². The number of rotatable bonds is 0. The van der Waals surface area contributed by atoms with Crippen molar-refractivity contribution in [1.82, 2.24) is 0 Å². The molecule has 0 unspecified atom stereocenters. The van der Waals surface area contributed by atoms with E-state index >= 15 is 0 Å². The summed E-state index contributed by atoms with van der Waals surface area (Å²) < 4.78 is 71.0. The molecule has 2 N–H and O–H groups in total. The number of aromatic hydroxyl groups is 2. The van der Waals surface area contributed by atoms with E-state index in [4.69, 9.17) is 10.2 Å². The Balaban J connectivity index is 0.000000403. The van der Waals surface area contributed by atoms with E-state index in [2.05, 4.69) is 0 Å². The summed E-state index contributed by atoms with van der Waals surface area (Å²) in [5, 5.41) is 17.3. The fourth-order valence-electron chi connectivity index (χ4n) is 1.30. The average Bonchev–Trinajstić information content (AvgIpc) is 2.38. The Morgan fingerprint density at radius 1 is 0.522 bits per heavy atom. The van der Waals surface area contributed by atoms with Crippen LogP contribution in [0.2, 0.25) is 0 Å². The Bertz CT molecular complexity index is 535. The van der Waals surface area contributed by atoms with Gasteiger partial charge in [-0.2, -0.15) is 26.3 Å². The van der Waals surface area contributed by atoms with Gasteiger partial charge in [-0.25, -0.2) is 0 Å². The van der Waals surface area contributed by atoms with Crippen LogP contribution in [0.15, 0.2) is 48.5 Å². The van der Waals surface area contributed by atoms with Gasteiger partial charge in [-0.3, -0.25) is 0 Å². The summed E-state index contributed by atoms with van der Waals surface area (Å²) in [6.07, 6.45) is -8.65. The maximum atomic E-state index is 11.8. The van der Waals surface area contributed by atoms with Crippen LogP contribution in [0.25, 0.3) is 0 Å². The molecule has 2 aromatic carbocycles. The number of hydrogen-bond donors (Lipinski definition) is 2. The van der Waals surface area contributed by atoms with Gasteiger partial charge >= 0.3 is 12.4 Å². The fraction of sp³-hybridized carbons (Fsp3) is 0.143. The summed E-state index contributed by atoms with van der Waals surface area (Å²) in [7, 11) is 0. The van der Waals surface area contributed by atoms with Crippen LogP contribution < -0.4 is 0 Å². The third kappa shape index (κ3) is 7.30. The minimum Gasteiger partial charge on any atom is -0.508 e. The third-order valence-electron chi connectivity index (χ3n) is 2.39. The minimum atomic E-state index is -4.33. The van der Waals surface area contributed by atoms with E-state index < -0.39 is 23.5 Å². The van der Waals surface area contributed by atoms with Crippen molar-refractivity contribution >= 4 is 0 Å².